The second-order valence-corrected chi connectivity index (χ2v) is 5.75. The van der Waals surface area contributed by atoms with E-state index in [4.69, 9.17) is 5.26 Å². The lowest BCUT2D eigenvalue weighted by molar-refractivity contribution is 0.102. The van der Waals surface area contributed by atoms with Gasteiger partial charge >= 0.3 is 0 Å². The summed E-state index contributed by atoms with van der Waals surface area (Å²) >= 11 is 0. The van der Waals surface area contributed by atoms with E-state index in [9.17, 15) is 4.79 Å². The number of rotatable bonds is 3. The Morgan fingerprint density at radius 2 is 1.88 bits per heavy atom. The van der Waals surface area contributed by atoms with E-state index in [-0.39, 0.29) is 5.91 Å². The molecule has 1 aromatic carbocycles. The highest BCUT2D eigenvalue weighted by Gasteiger charge is 2.16. The molecule has 0 aliphatic carbocycles. The quantitative estimate of drug-likeness (QED) is 0.940. The van der Waals surface area contributed by atoms with Gasteiger partial charge in [0, 0.05) is 19.3 Å². The third kappa shape index (κ3) is 3.69. The molecule has 0 saturated carbocycles. The van der Waals surface area contributed by atoms with Crippen molar-refractivity contribution in [1.29, 1.82) is 5.26 Å². The number of hydrogen-bond donors (Lipinski definition) is 1. The predicted molar refractivity (Wildman–Crippen MR) is 91.8 cm³/mol. The molecule has 1 amide bonds. The van der Waals surface area contributed by atoms with Gasteiger partial charge < -0.3 is 10.2 Å². The Labute approximate surface area is 141 Å². The second kappa shape index (κ2) is 7.55. The van der Waals surface area contributed by atoms with E-state index >= 15 is 0 Å². The number of nitrogens with one attached hydrogen (secondary N) is 1. The van der Waals surface area contributed by atoms with Crippen LogP contribution in [0.15, 0.2) is 36.5 Å². The highest BCUT2D eigenvalue weighted by molar-refractivity contribution is 6.03. The van der Waals surface area contributed by atoms with E-state index in [1.807, 2.05) is 0 Å². The highest BCUT2D eigenvalue weighted by atomic mass is 16.1. The van der Waals surface area contributed by atoms with Crippen LogP contribution in [-0.2, 0) is 0 Å². The molecule has 1 saturated heterocycles. The lowest BCUT2D eigenvalue weighted by atomic mass is 10.2. The minimum Gasteiger partial charge on any atom is -0.341 e. The largest absolute Gasteiger partial charge is 0.341 e. The van der Waals surface area contributed by atoms with Gasteiger partial charge in [-0.1, -0.05) is 25.0 Å². The molecule has 122 valence electrons. The summed E-state index contributed by atoms with van der Waals surface area (Å²) in [4.78, 5) is 23.3. The van der Waals surface area contributed by atoms with Crippen molar-refractivity contribution in [3.05, 3.63) is 47.8 Å². The third-order valence-electron chi connectivity index (χ3n) is 4.06. The molecule has 0 radical (unpaired) electrons. The molecule has 6 nitrogen and oxygen atoms in total. The maximum Gasteiger partial charge on any atom is 0.274 e. The molecule has 1 aliphatic rings. The van der Waals surface area contributed by atoms with E-state index in [1.54, 1.807) is 36.5 Å². The fourth-order valence-corrected chi connectivity index (χ4v) is 2.77. The summed E-state index contributed by atoms with van der Waals surface area (Å²) in [6, 6.07) is 10.6. The van der Waals surface area contributed by atoms with E-state index in [1.165, 1.54) is 12.8 Å². The first-order valence-corrected chi connectivity index (χ1v) is 8.16. The monoisotopic (exact) mass is 321 g/mol. The van der Waals surface area contributed by atoms with Gasteiger partial charge in [-0.25, -0.2) is 9.97 Å². The van der Waals surface area contributed by atoms with Gasteiger partial charge in [-0.2, -0.15) is 5.26 Å². The fourth-order valence-electron chi connectivity index (χ4n) is 2.77. The molecule has 3 rings (SSSR count). The average molecular weight is 321 g/mol. The number of carbonyl (C=O) groups is 1. The maximum absolute atomic E-state index is 12.5. The predicted octanol–water partition coefficient (Wildman–Crippen LogP) is 2.98. The van der Waals surface area contributed by atoms with Crippen molar-refractivity contribution >= 4 is 17.5 Å². The van der Waals surface area contributed by atoms with Crippen LogP contribution in [0.1, 0.15) is 41.7 Å². The molecule has 0 bridgehead atoms. The van der Waals surface area contributed by atoms with Crippen LogP contribution >= 0.6 is 0 Å². The molecule has 1 N–H and O–H groups in total. The molecule has 0 atom stereocenters. The van der Waals surface area contributed by atoms with Crippen molar-refractivity contribution < 1.29 is 4.79 Å². The SMILES string of the molecule is N#Cc1ccccc1NC(=O)c1ccnc(N2CCCCCC2)n1. The van der Waals surface area contributed by atoms with Gasteiger partial charge in [-0.3, -0.25) is 4.79 Å². The van der Waals surface area contributed by atoms with Crippen LogP contribution in [0.2, 0.25) is 0 Å². The minimum atomic E-state index is -0.337. The Balaban J connectivity index is 1.78. The van der Waals surface area contributed by atoms with Crippen molar-refractivity contribution in [2.24, 2.45) is 0 Å². The molecular formula is C18H19N5O. The molecule has 0 unspecified atom stereocenters. The smallest absolute Gasteiger partial charge is 0.274 e. The summed E-state index contributed by atoms with van der Waals surface area (Å²) in [5.41, 5.74) is 1.21. The normalized spacial score (nSPS) is 14.5. The van der Waals surface area contributed by atoms with E-state index in [2.05, 4.69) is 26.3 Å². The average Bonchev–Trinajstić information content (AvgIpc) is 2.92. The topological polar surface area (TPSA) is 81.9 Å². The van der Waals surface area contributed by atoms with Crippen molar-refractivity contribution in [3.8, 4) is 6.07 Å². The van der Waals surface area contributed by atoms with Gasteiger partial charge in [-0.05, 0) is 31.0 Å². The van der Waals surface area contributed by atoms with Gasteiger partial charge in [0.25, 0.3) is 5.91 Å². The van der Waals surface area contributed by atoms with E-state index in [0.29, 0.717) is 22.9 Å². The van der Waals surface area contributed by atoms with Crippen molar-refractivity contribution in [2.45, 2.75) is 25.7 Å². The number of anilines is 2. The molecule has 6 heteroatoms. The van der Waals surface area contributed by atoms with Crippen LogP contribution < -0.4 is 10.2 Å². The molecule has 0 spiro atoms. The molecule has 1 aliphatic heterocycles. The van der Waals surface area contributed by atoms with E-state index < -0.39 is 0 Å². The van der Waals surface area contributed by atoms with Crippen LogP contribution in [0.25, 0.3) is 0 Å². The standard InChI is InChI=1S/C18H19N5O/c19-13-14-7-3-4-8-15(14)21-17(24)16-9-10-20-18(22-16)23-11-5-1-2-6-12-23/h3-4,7-10H,1-2,5-6,11-12H2,(H,21,24). The lowest BCUT2D eigenvalue weighted by Crippen LogP contribution is -2.27. The second-order valence-electron chi connectivity index (χ2n) is 5.75. The molecule has 24 heavy (non-hydrogen) atoms. The Morgan fingerprint density at radius 1 is 1.12 bits per heavy atom. The van der Waals surface area contributed by atoms with Gasteiger partial charge in [-0.15, -0.1) is 0 Å². The Hall–Kier alpha value is -2.94. The van der Waals surface area contributed by atoms with Gasteiger partial charge in [0.15, 0.2) is 0 Å². The summed E-state index contributed by atoms with van der Waals surface area (Å²) in [5, 5.41) is 11.9. The number of para-hydroxylation sites is 1. The highest BCUT2D eigenvalue weighted by Crippen LogP contribution is 2.17. The summed E-state index contributed by atoms with van der Waals surface area (Å²) in [5.74, 6) is 0.259. The number of carbonyl (C=O) groups excluding carboxylic acids is 1. The first kappa shape index (κ1) is 15.9. The first-order chi connectivity index (χ1) is 11.8. The van der Waals surface area contributed by atoms with Crippen LogP contribution in [0.4, 0.5) is 11.6 Å². The Bertz CT molecular complexity index is 760. The number of nitriles is 1. The number of amides is 1. The zero-order valence-corrected chi connectivity index (χ0v) is 13.4. The molecule has 1 aromatic heterocycles. The fraction of sp³-hybridized carbons (Fsp3) is 0.333. The molecule has 2 aromatic rings. The number of nitrogens with zero attached hydrogens (tertiary/aromatic N) is 4. The summed E-state index contributed by atoms with van der Waals surface area (Å²) < 4.78 is 0. The first-order valence-electron chi connectivity index (χ1n) is 8.16. The van der Waals surface area contributed by atoms with Crippen LogP contribution in [0.3, 0.4) is 0 Å². The van der Waals surface area contributed by atoms with Crippen molar-refractivity contribution in [3.63, 3.8) is 0 Å². The zero-order chi connectivity index (χ0) is 16.8. The van der Waals surface area contributed by atoms with Gasteiger partial charge in [0.2, 0.25) is 5.95 Å². The Morgan fingerprint density at radius 3 is 2.62 bits per heavy atom. The number of aromatic nitrogens is 2. The number of hydrogen-bond acceptors (Lipinski definition) is 5. The van der Waals surface area contributed by atoms with Crippen LogP contribution in [0, 0.1) is 11.3 Å². The summed E-state index contributed by atoms with van der Waals surface area (Å²) in [6.07, 6.45) is 6.30. The van der Waals surface area contributed by atoms with Crippen molar-refractivity contribution in [1.82, 2.24) is 9.97 Å². The van der Waals surface area contributed by atoms with E-state index in [0.717, 1.165) is 25.9 Å². The van der Waals surface area contributed by atoms with Crippen LogP contribution in [-0.4, -0.2) is 29.0 Å². The van der Waals surface area contributed by atoms with Crippen molar-refractivity contribution in [2.75, 3.05) is 23.3 Å². The summed E-state index contributed by atoms with van der Waals surface area (Å²) in [7, 11) is 0. The molecule has 1 fully saturated rings. The summed E-state index contributed by atoms with van der Waals surface area (Å²) in [6.45, 7) is 1.84. The number of benzene rings is 1. The van der Waals surface area contributed by atoms with Crippen LogP contribution in [0.5, 0.6) is 0 Å². The molecular weight excluding hydrogens is 302 g/mol. The van der Waals surface area contributed by atoms with Gasteiger partial charge in [0.05, 0.1) is 11.3 Å². The minimum absolute atomic E-state index is 0.303. The Kier molecular flexibility index (Phi) is 5.02. The maximum atomic E-state index is 12.5. The molecule has 2 heterocycles. The third-order valence-corrected chi connectivity index (χ3v) is 4.06. The zero-order valence-electron chi connectivity index (χ0n) is 13.4. The lowest BCUT2D eigenvalue weighted by Gasteiger charge is -2.20. The van der Waals surface area contributed by atoms with Gasteiger partial charge in [0.1, 0.15) is 11.8 Å².